The quantitative estimate of drug-likeness (QED) is 0.727. The molecular formula is C19H19NO7S. The maximum absolute atomic E-state index is 12.0. The van der Waals surface area contributed by atoms with Crippen molar-refractivity contribution in [3.8, 4) is 11.5 Å². The fourth-order valence-electron chi connectivity index (χ4n) is 2.56. The molecule has 2 aromatic rings. The summed E-state index contributed by atoms with van der Waals surface area (Å²) in [5, 5.41) is 2.50. The van der Waals surface area contributed by atoms with E-state index >= 15 is 0 Å². The minimum atomic E-state index is -3.38. The molecule has 8 nitrogen and oxygen atoms in total. The third-order valence-electron chi connectivity index (χ3n) is 3.87. The van der Waals surface area contributed by atoms with Crippen LogP contribution in [0.15, 0.2) is 47.4 Å². The van der Waals surface area contributed by atoms with Crippen LogP contribution in [0.2, 0.25) is 0 Å². The number of carbonyl (C=O) groups is 2. The molecule has 0 saturated carbocycles. The number of fused-ring (bicyclic) bond motifs is 1. The Morgan fingerprint density at radius 3 is 2.57 bits per heavy atom. The van der Waals surface area contributed by atoms with E-state index in [-0.39, 0.29) is 11.3 Å². The average molecular weight is 405 g/mol. The first kappa shape index (κ1) is 19.7. The predicted molar refractivity (Wildman–Crippen MR) is 100 cm³/mol. The van der Waals surface area contributed by atoms with Crippen LogP contribution in [0.3, 0.4) is 0 Å². The number of sulfone groups is 1. The normalized spacial score (nSPS) is 12.9. The SMILES string of the molecule is CS(=O)(=O)c1cccc(NC(=O)COC(=O)Cc2ccc3c(c2)OCCO3)c1. The van der Waals surface area contributed by atoms with Gasteiger partial charge in [-0.2, -0.15) is 0 Å². The lowest BCUT2D eigenvalue weighted by atomic mass is 10.1. The van der Waals surface area contributed by atoms with E-state index in [2.05, 4.69) is 5.32 Å². The summed E-state index contributed by atoms with van der Waals surface area (Å²) in [5.74, 6) is 0.0528. The van der Waals surface area contributed by atoms with Gasteiger partial charge in [0.1, 0.15) is 13.2 Å². The number of rotatable bonds is 6. The molecule has 0 saturated heterocycles. The number of carbonyl (C=O) groups excluding carboxylic acids is 2. The highest BCUT2D eigenvalue weighted by atomic mass is 32.2. The first-order valence-corrected chi connectivity index (χ1v) is 10.3. The van der Waals surface area contributed by atoms with Gasteiger partial charge < -0.3 is 19.5 Å². The average Bonchev–Trinajstić information content (AvgIpc) is 2.66. The monoisotopic (exact) mass is 405 g/mol. The standard InChI is InChI=1S/C19H19NO7S/c1-28(23,24)15-4-2-3-14(11-15)20-18(21)12-27-19(22)10-13-5-6-16-17(9-13)26-8-7-25-16/h2-6,9,11H,7-8,10,12H2,1H3,(H,20,21). The Morgan fingerprint density at radius 1 is 1.07 bits per heavy atom. The number of esters is 1. The van der Waals surface area contributed by atoms with Crippen molar-refractivity contribution in [3.05, 3.63) is 48.0 Å². The molecule has 0 spiro atoms. The lowest BCUT2D eigenvalue weighted by molar-refractivity contribution is -0.146. The van der Waals surface area contributed by atoms with Crippen molar-refractivity contribution in [1.82, 2.24) is 0 Å². The molecular weight excluding hydrogens is 386 g/mol. The van der Waals surface area contributed by atoms with Crippen LogP contribution in [-0.2, 0) is 30.6 Å². The maximum atomic E-state index is 12.0. The zero-order valence-corrected chi connectivity index (χ0v) is 16.0. The molecule has 0 fully saturated rings. The van der Waals surface area contributed by atoms with E-state index in [4.69, 9.17) is 14.2 Å². The molecule has 1 aliphatic rings. The van der Waals surface area contributed by atoms with E-state index in [0.717, 1.165) is 6.26 Å². The van der Waals surface area contributed by atoms with E-state index in [0.29, 0.717) is 36.0 Å². The minimum absolute atomic E-state index is 0.0204. The highest BCUT2D eigenvalue weighted by Crippen LogP contribution is 2.30. The Bertz CT molecular complexity index is 1000. The second-order valence-corrected chi connectivity index (χ2v) is 8.18. The smallest absolute Gasteiger partial charge is 0.310 e. The van der Waals surface area contributed by atoms with Crippen LogP contribution in [0, 0.1) is 0 Å². The molecule has 0 unspecified atom stereocenters. The van der Waals surface area contributed by atoms with Gasteiger partial charge in [0, 0.05) is 11.9 Å². The summed E-state index contributed by atoms with van der Waals surface area (Å²) in [7, 11) is -3.38. The summed E-state index contributed by atoms with van der Waals surface area (Å²) in [6.45, 7) is 0.449. The van der Waals surface area contributed by atoms with Gasteiger partial charge in [-0.1, -0.05) is 12.1 Å². The van der Waals surface area contributed by atoms with Crippen LogP contribution in [0.1, 0.15) is 5.56 Å². The number of ether oxygens (including phenoxy) is 3. The summed E-state index contributed by atoms with van der Waals surface area (Å²) >= 11 is 0. The number of hydrogen-bond donors (Lipinski definition) is 1. The fraction of sp³-hybridized carbons (Fsp3) is 0.263. The van der Waals surface area contributed by atoms with Crippen molar-refractivity contribution in [2.45, 2.75) is 11.3 Å². The number of amides is 1. The van der Waals surface area contributed by atoms with Crippen molar-refractivity contribution in [1.29, 1.82) is 0 Å². The first-order chi connectivity index (χ1) is 13.3. The number of nitrogens with one attached hydrogen (secondary N) is 1. The lowest BCUT2D eigenvalue weighted by Gasteiger charge is -2.18. The van der Waals surface area contributed by atoms with Crippen LogP contribution >= 0.6 is 0 Å². The van der Waals surface area contributed by atoms with Crippen LogP contribution in [0.25, 0.3) is 0 Å². The van der Waals surface area contributed by atoms with Crippen LogP contribution in [-0.4, -0.2) is 46.4 Å². The lowest BCUT2D eigenvalue weighted by Crippen LogP contribution is -2.22. The highest BCUT2D eigenvalue weighted by Gasteiger charge is 2.15. The molecule has 148 valence electrons. The van der Waals surface area contributed by atoms with Crippen molar-refractivity contribution in [2.75, 3.05) is 31.4 Å². The van der Waals surface area contributed by atoms with E-state index in [1.54, 1.807) is 24.3 Å². The Kier molecular flexibility index (Phi) is 5.84. The molecule has 0 aliphatic carbocycles. The Labute approximate surface area is 162 Å². The van der Waals surface area contributed by atoms with Gasteiger partial charge in [0.2, 0.25) is 0 Å². The van der Waals surface area contributed by atoms with Crippen molar-refractivity contribution >= 4 is 27.4 Å². The molecule has 2 aromatic carbocycles. The summed E-state index contributed by atoms with van der Waals surface area (Å²) in [5.41, 5.74) is 0.978. The third kappa shape index (κ3) is 5.23. The zero-order chi connectivity index (χ0) is 20.1. The Hall–Kier alpha value is -3.07. The molecule has 1 heterocycles. The molecule has 0 atom stereocenters. The predicted octanol–water partition coefficient (Wildman–Crippen LogP) is 1.59. The summed E-state index contributed by atoms with van der Waals surface area (Å²) in [4.78, 5) is 24.0. The number of hydrogen-bond acceptors (Lipinski definition) is 7. The van der Waals surface area contributed by atoms with E-state index in [1.165, 1.54) is 18.2 Å². The van der Waals surface area contributed by atoms with Gasteiger partial charge in [0.15, 0.2) is 27.9 Å². The second-order valence-electron chi connectivity index (χ2n) is 6.16. The van der Waals surface area contributed by atoms with Crippen molar-refractivity contribution < 1.29 is 32.2 Å². The molecule has 0 bridgehead atoms. The molecule has 3 rings (SSSR count). The molecule has 1 aliphatic heterocycles. The van der Waals surface area contributed by atoms with Crippen LogP contribution in [0.5, 0.6) is 11.5 Å². The van der Waals surface area contributed by atoms with Crippen molar-refractivity contribution in [3.63, 3.8) is 0 Å². The van der Waals surface area contributed by atoms with Crippen molar-refractivity contribution in [2.24, 2.45) is 0 Å². The second kappa shape index (κ2) is 8.30. The van der Waals surface area contributed by atoms with E-state index in [9.17, 15) is 18.0 Å². The third-order valence-corrected chi connectivity index (χ3v) is 4.98. The van der Waals surface area contributed by atoms with Crippen LogP contribution in [0.4, 0.5) is 5.69 Å². The van der Waals surface area contributed by atoms with Gasteiger partial charge in [0.25, 0.3) is 5.91 Å². The Morgan fingerprint density at radius 2 is 1.82 bits per heavy atom. The highest BCUT2D eigenvalue weighted by molar-refractivity contribution is 7.90. The number of anilines is 1. The molecule has 28 heavy (non-hydrogen) atoms. The van der Waals surface area contributed by atoms with Gasteiger partial charge in [0.05, 0.1) is 11.3 Å². The first-order valence-electron chi connectivity index (χ1n) is 8.45. The topological polar surface area (TPSA) is 108 Å². The molecule has 0 aromatic heterocycles. The Balaban J connectivity index is 1.51. The molecule has 9 heteroatoms. The summed E-state index contributed by atoms with van der Waals surface area (Å²) in [6, 6.07) is 11.0. The summed E-state index contributed by atoms with van der Waals surface area (Å²) in [6.07, 6.45) is 1.06. The number of benzene rings is 2. The van der Waals surface area contributed by atoms with Gasteiger partial charge in [-0.25, -0.2) is 8.42 Å². The van der Waals surface area contributed by atoms with Gasteiger partial charge >= 0.3 is 5.97 Å². The molecule has 1 amide bonds. The minimum Gasteiger partial charge on any atom is -0.486 e. The van der Waals surface area contributed by atoms with E-state index in [1.807, 2.05) is 0 Å². The maximum Gasteiger partial charge on any atom is 0.310 e. The van der Waals surface area contributed by atoms with Gasteiger partial charge in [-0.15, -0.1) is 0 Å². The summed E-state index contributed by atoms with van der Waals surface area (Å²) < 4.78 is 39.0. The van der Waals surface area contributed by atoms with Crippen LogP contribution < -0.4 is 14.8 Å². The molecule has 1 N–H and O–H groups in total. The fourth-order valence-corrected chi connectivity index (χ4v) is 3.23. The van der Waals surface area contributed by atoms with Gasteiger partial charge in [-0.3, -0.25) is 9.59 Å². The zero-order valence-electron chi connectivity index (χ0n) is 15.1. The largest absolute Gasteiger partial charge is 0.486 e. The van der Waals surface area contributed by atoms with Gasteiger partial charge in [-0.05, 0) is 35.9 Å². The molecule has 0 radical (unpaired) electrons. The van der Waals surface area contributed by atoms with E-state index < -0.39 is 28.3 Å².